The van der Waals surface area contributed by atoms with Crippen LogP contribution in [0.1, 0.15) is 19.0 Å². The van der Waals surface area contributed by atoms with E-state index in [0.29, 0.717) is 19.4 Å². The number of aromatic nitrogens is 2. The molecule has 0 amide bonds. The molecule has 2 aromatic rings. The average molecular weight is 262 g/mol. The van der Waals surface area contributed by atoms with Crippen molar-refractivity contribution in [1.29, 1.82) is 0 Å². The highest BCUT2D eigenvalue weighted by Gasteiger charge is 2.07. The van der Waals surface area contributed by atoms with E-state index in [9.17, 15) is 4.79 Å². The van der Waals surface area contributed by atoms with E-state index in [2.05, 4.69) is 9.97 Å². The molecule has 2 heterocycles. The first-order valence-electron chi connectivity index (χ1n) is 5.80. The van der Waals surface area contributed by atoms with Crippen LogP contribution in [0.4, 0.5) is 0 Å². The Morgan fingerprint density at radius 3 is 3.11 bits per heavy atom. The summed E-state index contributed by atoms with van der Waals surface area (Å²) in [5.74, 6) is -0.173. The van der Waals surface area contributed by atoms with E-state index in [1.165, 1.54) is 0 Å². The molecule has 18 heavy (non-hydrogen) atoms. The standard InChI is InChI=1S/C13H14N2O2S/c1-2-17-12(16)6-5-11-9-18-13(15-11)10-4-3-7-14-8-10/h3-4,7-9H,2,5-6H2,1H3. The zero-order valence-electron chi connectivity index (χ0n) is 10.1. The minimum Gasteiger partial charge on any atom is -0.466 e. The van der Waals surface area contributed by atoms with E-state index in [0.717, 1.165) is 16.3 Å². The number of pyridine rings is 1. The first-order chi connectivity index (χ1) is 8.79. The number of thiazole rings is 1. The third-order valence-electron chi connectivity index (χ3n) is 2.35. The second kappa shape index (κ2) is 6.26. The first kappa shape index (κ1) is 12.7. The van der Waals surface area contributed by atoms with E-state index in [1.54, 1.807) is 30.7 Å². The molecule has 0 N–H and O–H groups in total. The first-order valence-corrected chi connectivity index (χ1v) is 6.68. The van der Waals surface area contributed by atoms with Gasteiger partial charge < -0.3 is 4.74 Å². The van der Waals surface area contributed by atoms with Crippen LogP contribution in [0.15, 0.2) is 29.9 Å². The maximum atomic E-state index is 11.2. The number of carbonyl (C=O) groups excluding carboxylic acids is 1. The Bertz CT molecular complexity index is 511. The Labute approximate surface area is 110 Å². The van der Waals surface area contributed by atoms with Gasteiger partial charge in [-0.2, -0.15) is 0 Å². The highest BCUT2D eigenvalue weighted by molar-refractivity contribution is 7.13. The van der Waals surface area contributed by atoms with Crippen LogP contribution in [0.2, 0.25) is 0 Å². The summed E-state index contributed by atoms with van der Waals surface area (Å²) in [5, 5.41) is 2.91. The van der Waals surface area contributed by atoms with Crippen molar-refractivity contribution in [2.45, 2.75) is 19.8 Å². The lowest BCUT2D eigenvalue weighted by atomic mass is 10.2. The van der Waals surface area contributed by atoms with Gasteiger partial charge in [0.2, 0.25) is 0 Å². The Balaban J connectivity index is 1.97. The van der Waals surface area contributed by atoms with Gasteiger partial charge in [-0.25, -0.2) is 4.98 Å². The molecule has 0 saturated heterocycles. The van der Waals surface area contributed by atoms with Crippen LogP contribution in [0.25, 0.3) is 10.6 Å². The van der Waals surface area contributed by atoms with Crippen LogP contribution >= 0.6 is 11.3 Å². The van der Waals surface area contributed by atoms with E-state index in [1.807, 2.05) is 17.5 Å². The molecule has 0 aromatic carbocycles. The molecule has 94 valence electrons. The van der Waals surface area contributed by atoms with Crippen molar-refractivity contribution in [2.75, 3.05) is 6.61 Å². The average Bonchev–Trinajstić information content (AvgIpc) is 2.87. The summed E-state index contributed by atoms with van der Waals surface area (Å²) in [6.45, 7) is 2.23. The van der Waals surface area contributed by atoms with Gasteiger partial charge in [-0.05, 0) is 19.1 Å². The van der Waals surface area contributed by atoms with Crippen molar-refractivity contribution in [1.82, 2.24) is 9.97 Å². The van der Waals surface area contributed by atoms with E-state index >= 15 is 0 Å². The van der Waals surface area contributed by atoms with Crippen LogP contribution in [0.5, 0.6) is 0 Å². The molecular weight excluding hydrogens is 248 g/mol. The van der Waals surface area contributed by atoms with Crippen LogP contribution < -0.4 is 0 Å². The summed E-state index contributed by atoms with van der Waals surface area (Å²) >= 11 is 1.56. The summed E-state index contributed by atoms with van der Waals surface area (Å²) in [5.41, 5.74) is 1.93. The summed E-state index contributed by atoms with van der Waals surface area (Å²) in [4.78, 5) is 19.8. The van der Waals surface area contributed by atoms with E-state index < -0.39 is 0 Å². The molecule has 0 aliphatic heterocycles. The maximum absolute atomic E-state index is 11.2. The van der Waals surface area contributed by atoms with Crippen LogP contribution in [-0.2, 0) is 16.0 Å². The van der Waals surface area contributed by atoms with Gasteiger partial charge in [0.25, 0.3) is 0 Å². The molecule has 0 saturated carbocycles. The predicted molar refractivity (Wildman–Crippen MR) is 70.3 cm³/mol. The van der Waals surface area contributed by atoms with Crippen LogP contribution in [-0.4, -0.2) is 22.5 Å². The molecule has 2 rings (SSSR count). The third-order valence-corrected chi connectivity index (χ3v) is 3.29. The van der Waals surface area contributed by atoms with Gasteiger partial charge in [0.15, 0.2) is 0 Å². The number of nitrogens with zero attached hydrogens (tertiary/aromatic N) is 2. The molecule has 0 atom stereocenters. The molecule has 0 aliphatic rings. The van der Waals surface area contributed by atoms with Gasteiger partial charge in [-0.3, -0.25) is 9.78 Å². The molecular formula is C13H14N2O2S. The summed E-state index contributed by atoms with van der Waals surface area (Å²) < 4.78 is 4.88. The van der Waals surface area contributed by atoms with Crippen LogP contribution in [0, 0.1) is 0 Å². The molecule has 0 spiro atoms. The fourth-order valence-electron chi connectivity index (χ4n) is 1.51. The lowest BCUT2D eigenvalue weighted by molar-refractivity contribution is -0.143. The number of hydrogen-bond donors (Lipinski definition) is 0. The predicted octanol–water partition coefficient (Wildman–Crippen LogP) is 2.70. The quantitative estimate of drug-likeness (QED) is 0.777. The van der Waals surface area contributed by atoms with Gasteiger partial charge in [-0.1, -0.05) is 0 Å². The van der Waals surface area contributed by atoms with Crippen molar-refractivity contribution >= 4 is 17.3 Å². The summed E-state index contributed by atoms with van der Waals surface area (Å²) in [7, 11) is 0. The van der Waals surface area contributed by atoms with Gasteiger partial charge in [0, 0.05) is 29.8 Å². The van der Waals surface area contributed by atoms with Crippen molar-refractivity contribution in [3.8, 4) is 10.6 Å². The minimum absolute atomic E-state index is 0.173. The van der Waals surface area contributed by atoms with Gasteiger partial charge in [0.05, 0.1) is 18.7 Å². The lowest BCUT2D eigenvalue weighted by Crippen LogP contribution is -2.05. The molecule has 0 bridgehead atoms. The molecule has 0 unspecified atom stereocenters. The van der Waals surface area contributed by atoms with E-state index in [-0.39, 0.29) is 5.97 Å². The third kappa shape index (κ3) is 3.37. The molecule has 0 fully saturated rings. The highest BCUT2D eigenvalue weighted by atomic mass is 32.1. The molecule has 0 aliphatic carbocycles. The Hall–Kier alpha value is -1.75. The molecule has 2 aromatic heterocycles. The normalized spacial score (nSPS) is 10.3. The maximum Gasteiger partial charge on any atom is 0.306 e. The Morgan fingerprint density at radius 1 is 1.50 bits per heavy atom. The number of ether oxygens (including phenoxy) is 1. The van der Waals surface area contributed by atoms with Crippen molar-refractivity contribution < 1.29 is 9.53 Å². The summed E-state index contributed by atoms with van der Waals surface area (Å²) in [6, 6.07) is 3.86. The van der Waals surface area contributed by atoms with Gasteiger partial charge >= 0.3 is 5.97 Å². The SMILES string of the molecule is CCOC(=O)CCc1csc(-c2cccnc2)n1. The van der Waals surface area contributed by atoms with Crippen LogP contribution in [0.3, 0.4) is 0 Å². The van der Waals surface area contributed by atoms with Crippen molar-refractivity contribution in [2.24, 2.45) is 0 Å². The molecule has 5 heteroatoms. The zero-order chi connectivity index (χ0) is 12.8. The zero-order valence-corrected chi connectivity index (χ0v) is 10.9. The number of esters is 1. The molecule has 0 radical (unpaired) electrons. The van der Waals surface area contributed by atoms with Crippen molar-refractivity contribution in [3.63, 3.8) is 0 Å². The van der Waals surface area contributed by atoms with Gasteiger partial charge in [0.1, 0.15) is 5.01 Å². The monoisotopic (exact) mass is 262 g/mol. The fourth-order valence-corrected chi connectivity index (χ4v) is 2.35. The van der Waals surface area contributed by atoms with E-state index in [4.69, 9.17) is 4.74 Å². The lowest BCUT2D eigenvalue weighted by Gasteiger charge is -1.99. The Kier molecular flexibility index (Phi) is 4.41. The molecule has 4 nitrogen and oxygen atoms in total. The number of aryl methyl sites for hydroxylation is 1. The second-order valence-electron chi connectivity index (χ2n) is 3.69. The number of rotatable bonds is 5. The van der Waals surface area contributed by atoms with Gasteiger partial charge in [-0.15, -0.1) is 11.3 Å². The minimum atomic E-state index is -0.173. The smallest absolute Gasteiger partial charge is 0.306 e. The number of hydrogen-bond acceptors (Lipinski definition) is 5. The fraction of sp³-hybridized carbons (Fsp3) is 0.308. The largest absolute Gasteiger partial charge is 0.466 e. The Morgan fingerprint density at radius 2 is 2.39 bits per heavy atom. The highest BCUT2D eigenvalue weighted by Crippen LogP contribution is 2.23. The number of carbonyl (C=O) groups is 1. The summed E-state index contributed by atoms with van der Waals surface area (Å²) in [6.07, 6.45) is 4.52. The van der Waals surface area contributed by atoms with Crippen molar-refractivity contribution in [3.05, 3.63) is 35.6 Å². The topological polar surface area (TPSA) is 52.1 Å². The second-order valence-corrected chi connectivity index (χ2v) is 4.55.